The number of benzene rings is 1. The van der Waals surface area contributed by atoms with Crippen LogP contribution in [0, 0.1) is 0 Å². The van der Waals surface area contributed by atoms with Gasteiger partial charge in [0, 0.05) is 17.7 Å². The quantitative estimate of drug-likeness (QED) is 0.815. The lowest BCUT2D eigenvalue weighted by Crippen LogP contribution is -2.01. The molecule has 0 N–H and O–H groups in total. The third kappa shape index (κ3) is 3.05. The van der Waals surface area contributed by atoms with Gasteiger partial charge in [-0.2, -0.15) is 4.98 Å². The molecule has 6 heteroatoms. The third-order valence-corrected chi connectivity index (χ3v) is 4.73. The highest BCUT2D eigenvalue weighted by Crippen LogP contribution is 2.29. The number of hydrogen-bond donors (Lipinski definition) is 0. The van der Waals surface area contributed by atoms with E-state index in [-0.39, 0.29) is 10.8 Å². The van der Waals surface area contributed by atoms with Crippen LogP contribution in [-0.2, 0) is 9.84 Å². The normalized spacial score (nSPS) is 18.8. The van der Waals surface area contributed by atoms with Crippen molar-refractivity contribution >= 4 is 9.84 Å². The lowest BCUT2D eigenvalue weighted by molar-refractivity contribution is 0.345. The number of aromatic nitrogens is 2. The molecule has 1 aliphatic rings. The summed E-state index contributed by atoms with van der Waals surface area (Å²) in [5.41, 5.74) is 0.753. The molecule has 2 aromatic rings. The Morgan fingerprint density at radius 2 is 1.95 bits per heavy atom. The summed E-state index contributed by atoms with van der Waals surface area (Å²) in [5, 5.41) is 3.99. The number of hydrogen-bond acceptors (Lipinski definition) is 5. The highest BCUT2D eigenvalue weighted by atomic mass is 32.2. The van der Waals surface area contributed by atoms with Crippen LogP contribution < -0.4 is 0 Å². The highest BCUT2D eigenvalue weighted by Gasteiger charge is 2.20. The first kappa shape index (κ1) is 14.0. The number of allylic oxidation sites excluding steroid dienone is 2. The zero-order chi connectivity index (χ0) is 14.9. The molecule has 5 nitrogen and oxygen atoms in total. The van der Waals surface area contributed by atoms with Crippen molar-refractivity contribution in [1.82, 2.24) is 10.1 Å². The largest absolute Gasteiger partial charge is 0.339 e. The van der Waals surface area contributed by atoms with E-state index in [4.69, 9.17) is 4.52 Å². The first-order valence-electron chi connectivity index (χ1n) is 6.83. The first-order valence-corrected chi connectivity index (χ1v) is 8.72. The first-order chi connectivity index (χ1) is 10.0. The molecule has 0 bridgehead atoms. The maximum absolute atomic E-state index is 11.4. The van der Waals surface area contributed by atoms with E-state index in [1.165, 1.54) is 6.26 Å². The van der Waals surface area contributed by atoms with E-state index in [0.29, 0.717) is 11.7 Å². The topological polar surface area (TPSA) is 73.1 Å². The molecule has 0 aliphatic heterocycles. The summed E-state index contributed by atoms with van der Waals surface area (Å²) >= 11 is 0. The van der Waals surface area contributed by atoms with E-state index in [1.54, 1.807) is 24.3 Å². The molecule has 1 heterocycles. The van der Waals surface area contributed by atoms with Crippen LogP contribution in [0.1, 0.15) is 31.1 Å². The van der Waals surface area contributed by atoms with Gasteiger partial charge < -0.3 is 4.52 Å². The summed E-state index contributed by atoms with van der Waals surface area (Å²) in [4.78, 5) is 4.72. The Morgan fingerprint density at radius 3 is 2.57 bits per heavy atom. The Labute approximate surface area is 123 Å². The van der Waals surface area contributed by atoms with Crippen molar-refractivity contribution in [1.29, 1.82) is 0 Å². The van der Waals surface area contributed by atoms with E-state index >= 15 is 0 Å². The molecule has 0 saturated heterocycles. The van der Waals surface area contributed by atoms with Crippen LogP contribution in [0.25, 0.3) is 11.4 Å². The molecule has 0 radical (unpaired) electrons. The molecule has 1 aromatic heterocycles. The minimum absolute atomic E-state index is 0.284. The molecule has 1 aliphatic carbocycles. The molecule has 1 aromatic carbocycles. The second-order valence-corrected chi connectivity index (χ2v) is 7.25. The van der Waals surface area contributed by atoms with Gasteiger partial charge in [0.15, 0.2) is 9.84 Å². The molecule has 0 fully saturated rings. The second kappa shape index (κ2) is 5.44. The summed E-state index contributed by atoms with van der Waals surface area (Å²) in [6.45, 7) is 0. The minimum Gasteiger partial charge on any atom is -0.339 e. The molecule has 0 spiro atoms. The molecule has 0 amide bonds. The molecule has 3 rings (SSSR count). The summed E-state index contributed by atoms with van der Waals surface area (Å²) in [6, 6.07) is 6.52. The minimum atomic E-state index is -3.19. The monoisotopic (exact) mass is 304 g/mol. The molecule has 21 heavy (non-hydrogen) atoms. The van der Waals surface area contributed by atoms with Gasteiger partial charge >= 0.3 is 0 Å². The van der Waals surface area contributed by atoms with Crippen LogP contribution in [0.3, 0.4) is 0 Å². The van der Waals surface area contributed by atoms with Crippen molar-refractivity contribution in [3.05, 3.63) is 42.3 Å². The Balaban J connectivity index is 1.84. The molecule has 0 saturated carbocycles. The van der Waals surface area contributed by atoms with Gasteiger partial charge in [-0.05, 0) is 43.5 Å². The highest BCUT2D eigenvalue weighted by molar-refractivity contribution is 7.90. The van der Waals surface area contributed by atoms with Crippen LogP contribution >= 0.6 is 0 Å². The van der Waals surface area contributed by atoms with E-state index in [1.807, 2.05) is 0 Å². The van der Waals surface area contributed by atoms with E-state index in [9.17, 15) is 8.42 Å². The van der Waals surface area contributed by atoms with Crippen LogP contribution in [0.5, 0.6) is 0 Å². The Morgan fingerprint density at radius 1 is 1.19 bits per heavy atom. The second-order valence-electron chi connectivity index (χ2n) is 5.23. The van der Waals surface area contributed by atoms with Crippen molar-refractivity contribution in [2.75, 3.05) is 6.26 Å². The van der Waals surface area contributed by atoms with E-state index in [2.05, 4.69) is 22.3 Å². The van der Waals surface area contributed by atoms with Gasteiger partial charge in [-0.1, -0.05) is 17.3 Å². The van der Waals surface area contributed by atoms with Gasteiger partial charge in [-0.15, -0.1) is 0 Å². The maximum atomic E-state index is 11.4. The van der Waals surface area contributed by atoms with Crippen LogP contribution in [0.15, 0.2) is 45.8 Å². The van der Waals surface area contributed by atoms with Gasteiger partial charge in [0.05, 0.1) is 4.90 Å². The summed E-state index contributed by atoms with van der Waals surface area (Å²) < 4.78 is 28.2. The van der Waals surface area contributed by atoms with Crippen LogP contribution in [0.4, 0.5) is 0 Å². The predicted molar refractivity (Wildman–Crippen MR) is 78.6 cm³/mol. The standard InChI is InChI=1S/C15H16N2O3S/c1-21(18,19)13-9-7-11(8-10-13)14-16-15(20-17-14)12-5-3-2-4-6-12/h2-3,7-10,12H,4-6H2,1H3. The fourth-order valence-electron chi connectivity index (χ4n) is 2.39. The molecule has 110 valence electrons. The van der Waals surface area contributed by atoms with E-state index < -0.39 is 9.84 Å². The van der Waals surface area contributed by atoms with Gasteiger partial charge in [0.1, 0.15) is 0 Å². The van der Waals surface area contributed by atoms with Crippen LogP contribution in [-0.4, -0.2) is 24.8 Å². The Hall–Kier alpha value is -1.95. The van der Waals surface area contributed by atoms with Crippen molar-refractivity contribution in [3.63, 3.8) is 0 Å². The molecular formula is C15H16N2O3S. The van der Waals surface area contributed by atoms with Crippen molar-refractivity contribution in [2.45, 2.75) is 30.1 Å². The van der Waals surface area contributed by atoms with Crippen molar-refractivity contribution in [3.8, 4) is 11.4 Å². The average molecular weight is 304 g/mol. The van der Waals surface area contributed by atoms with Crippen molar-refractivity contribution in [2.24, 2.45) is 0 Å². The fraction of sp³-hybridized carbons (Fsp3) is 0.333. The summed E-state index contributed by atoms with van der Waals surface area (Å²) in [7, 11) is -3.19. The average Bonchev–Trinajstić information content (AvgIpc) is 2.97. The number of rotatable bonds is 3. The smallest absolute Gasteiger partial charge is 0.230 e. The van der Waals surface area contributed by atoms with Gasteiger partial charge in [0.2, 0.25) is 11.7 Å². The predicted octanol–water partition coefficient (Wildman–Crippen LogP) is 2.96. The summed E-state index contributed by atoms with van der Waals surface area (Å²) in [5.74, 6) is 1.44. The third-order valence-electron chi connectivity index (χ3n) is 3.60. The zero-order valence-corrected chi connectivity index (χ0v) is 12.5. The van der Waals surface area contributed by atoms with Gasteiger partial charge in [0.25, 0.3) is 0 Å². The molecular weight excluding hydrogens is 288 g/mol. The molecule has 1 unspecified atom stereocenters. The van der Waals surface area contributed by atoms with Gasteiger partial charge in [-0.3, -0.25) is 0 Å². The number of sulfone groups is 1. The van der Waals surface area contributed by atoms with E-state index in [0.717, 1.165) is 24.8 Å². The lowest BCUT2D eigenvalue weighted by atomic mass is 9.94. The summed E-state index contributed by atoms with van der Waals surface area (Å²) in [6.07, 6.45) is 8.47. The zero-order valence-electron chi connectivity index (χ0n) is 11.7. The van der Waals surface area contributed by atoms with Crippen molar-refractivity contribution < 1.29 is 12.9 Å². The van der Waals surface area contributed by atoms with Crippen LogP contribution in [0.2, 0.25) is 0 Å². The van der Waals surface area contributed by atoms with Gasteiger partial charge in [-0.25, -0.2) is 8.42 Å². The Kier molecular flexibility index (Phi) is 3.63. The lowest BCUT2D eigenvalue weighted by Gasteiger charge is -2.12. The SMILES string of the molecule is CS(=O)(=O)c1ccc(-c2noc(C3CC=CCC3)n2)cc1. The Bertz CT molecular complexity index is 760. The number of nitrogens with zero attached hydrogens (tertiary/aromatic N) is 2. The molecule has 1 atom stereocenters. The maximum Gasteiger partial charge on any atom is 0.230 e. The fourth-order valence-corrected chi connectivity index (χ4v) is 3.02.